The summed E-state index contributed by atoms with van der Waals surface area (Å²) < 4.78 is 25.5. The van der Waals surface area contributed by atoms with Crippen LogP contribution in [0.3, 0.4) is 0 Å². The topological polar surface area (TPSA) is 86.7 Å². The summed E-state index contributed by atoms with van der Waals surface area (Å²) >= 11 is 5.92. The summed E-state index contributed by atoms with van der Waals surface area (Å²) in [7, 11) is -3.43. The number of aryl methyl sites for hydroxylation is 1. The number of hydrogen-bond donors (Lipinski definition) is 2. The summed E-state index contributed by atoms with van der Waals surface area (Å²) in [6.45, 7) is 2.58. The van der Waals surface area contributed by atoms with Gasteiger partial charge in [0.2, 0.25) is 10.0 Å². The molecule has 0 radical (unpaired) electrons. The molecule has 0 aliphatic carbocycles. The molecule has 3 rings (SSSR count). The minimum Gasteiger partial charge on any atom is -0.385 e. The third kappa shape index (κ3) is 4.66. The van der Waals surface area contributed by atoms with Crippen LogP contribution in [-0.2, 0) is 15.6 Å². The highest BCUT2D eigenvalue weighted by Crippen LogP contribution is 2.34. The molecule has 0 spiro atoms. The first kappa shape index (κ1) is 20.6. The van der Waals surface area contributed by atoms with Crippen LogP contribution in [0.25, 0.3) is 0 Å². The molecule has 1 saturated heterocycles. The molecule has 0 bridgehead atoms. The van der Waals surface area contributed by atoms with Crippen LogP contribution in [0.5, 0.6) is 0 Å². The van der Waals surface area contributed by atoms with Gasteiger partial charge in [-0.25, -0.2) is 8.42 Å². The van der Waals surface area contributed by atoms with Crippen LogP contribution >= 0.6 is 11.6 Å². The standard InChI is InChI=1S/C20H23ClN2O4S/c1-14-3-4-15(13-18(14)22-28(2,26)27)19(24)23-11-9-20(25,10-12-23)16-5-7-17(21)8-6-16/h3-8,13,22,25H,9-12H2,1-2H3. The van der Waals surface area contributed by atoms with E-state index in [0.717, 1.165) is 17.4 Å². The molecule has 1 aliphatic rings. The molecule has 0 saturated carbocycles. The third-order valence-electron chi connectivity index (χ3n) is 5.04. The minimum atomic E-state index is -3.43. The summed E-state index contributed by atoms with van der Waals surface area (Å²) in [5.41, 5.74) is 1.34. The number of benzene rings is 2. The average Bonchev–Trinajstić information content (AvgIpc) is 2.63. The lowest BCUT2D eigenvalue weighted by molar-refractivity contribution is -0.0211. The molecule has 0 aromatic heterocycles. The van der Waals surface area contributed by atoms with E-state index in [2.05, 4.69) is 4.72 Å². The quantitative estimate of drug-likeness (QED) is 0.792. The Bertz CT molecular complexity index is 982. The van der Waals surface area contributed by atoms with Crippen molar-refractivity contribution in [1.29, 1.82) is 0 Å². The van der Waals surface area contributed by atoms with Crippen LogP contribution in [0.2, 0.25) is 5.02 Å². The molecule has 28 heavy (non-hydrogen) atoms. The number of hydrogen-bond acceptors (Lipinski definition) is 4. The number of aliphatic hydroxyl groups is 1. The van der Waals surface area contributed by atoms with Crippen molar-refractivity contribution < 1.29 is 18.3 Å². The van der Waals surface area contributed by atoms with Gasteiger partial charge in [-0.05, 0) is 55.2 Å². The van der Waals surface area contributed by atoms with E-state index in [1.807, 2.05) is 12.1 Å². The second kappa shape index (κ2) is 7.73. The van der Waals surface area contributed by atoms with Gasteiger partial charge in [-0.1, -0.05) is 29.8 Å². The Morgan fingerprint density at radius 2 is 1.75 bits per heavy atom. The van der Waals surface area contributed by atoms with Crippen molar-refractivity contribution in [3.63, 3.8) is 0 Å². The Labute approximate surface area is 170 Å². The van der Waals surface area contributed by atoms with Crippen LogP contribution in [0, 0.1) is 6.92 Å². The van der Waals surface area contributed by atoms with Crippen LogP contribution < -0.4 is 4.72 Å². The smallest absolute Gasteiger partial charge is 0.253 e. The average molecular weight is 423 g/mol. The number of anilines is 1. The highest BCUT2D eigenvalue weighted by atomic mass is 35.5. The van der Waals surface area contributed by atoms with Gasteiger partial charge in [0.15, 0.2) is 0 Å². The predicted octanol–water partition coefficient (Wildman–Crippen LogP) is 3.14. The Morgan fingerprint density at radius 3 is 2.32 bits per heavy atom. The molecule has 0 unspecified atom stereocenters. The van der Waals surface area contributed by atoms with Gasteiger partial charge in [-0.15, -0.1) is 0 Å². The second-order valence-corrected chi connectivity index (χ2v) is 9.42. The maximum Gasteiger partial charge on any atom is 0.253 e. The molecule has 150 valence electrons. The summed E-state index contributed by atoms with van der Waals surface area (Å²) in [4.78, 5) is 14.6. The first-order valence-corrected chi connectivity index (χ1v) is 11.2. The fourth-order valence-corrected chi connectivity index (χ4v) is 4.12. The van der Waals surface area contributed by atoms with Crippen molar-refractivity contribution in [2.24, 2.45) is 0 Å². The zero-order chi connectivity index (χ0) is 20.5. The molecule has 1 aliphatic heterocycles. The molecule has 2 aromatic carbocycles. The van der Waals surface area contributed by atoms with Crippen molar-refractivity contribution in [2.45, 2.75) is 25.4 Å². The first-order valence-electron chi connectivity index (χ1n) is 8.93. The number of sulfonamides is 1. The van der Waals surface area contributed by atoms with Crippen LogP contribution in [-0.4, -0.2) is 43.7 Å². The van der Waals surface area contributed by atoms with Crippen molar-refractivity contribution in [1.82, 2.24) is 4.90 Å². The summed E-state index contributed by atoms with van der Waals surface area (Å²) in [5.74, 6) is -0.185. The molecule has 1 amide bonds. The number of amides is 1. The van der Waals surface area contributed by atoms with E-state index in [1.54, 1.807) is 42.2 Å². The number of carbonyl (C=O) groups excluding carboxylic acids is 1. The van der Waals surface area contributed by atoms with E-state index in [-0.39, 0.29) is 5.91 Å². The highest BCUT2D eigenvalue weighted by Gasteiger charge is 2.35. The van der Waals surface area contributed by atoms with Crippen LogP contribution in [0.15, 0.2) is 42.5 Å². The van der Waals surface area contributed by atoms with Crippen molar-refractivity contribution in [3.8, 4) is 0 Å². The number of carbonyl (C=O) groups is 1. The van der Waals surface area contributed by atoms with Gasteiger partial charge >= 0.3 is 0 Å². The lowest BCUT2D eigenvalue weighted by Gasteiger charge is -2.38. The molecule has 1 fully saturated rings. The Morgan fingerprint density at radius 1 is 1.14 bits per heavy atom. The summed E-state index contributed by atoms with van der Waals surface area (Å²) in [6, 6.07) is 12.1. The highest BCUT2D eigenvalue weighted by molar-refractivity contribution is 7.92. The Hall–Kier alpha value is -2.09. The van der Waals surface area contributed by atoms with E-state index in [4.69, 9.17) is 11.6 Å². The van der Waals surface area contributed by atoms with Crippen molar-refractivity contribution >= 4 is 33.2 Å². The third-order valence-corrected chi connectivity index (χ3v) is 5.88. The van der Waals surface area contributed by atoms with Gasteiger partial charge < -0.3 is 10.0 Å². The normalized spacial score (nSPS) is 16.6. The molecular weight excluding hydrogens is 400 g/mol. The zero-order valence-electron chi connectivity index (χ0n) is 15.8. The molecular formula is C20H23ClN2O4S. The maximum atomic E-state index is 12.9. The maximum absolute atomic E-state index is 12.9. The van der Waals surface area contributed by atoms with E-state index in [9.17, 15) is 18.3 Å². The Balaban J connectivity index is 1.73. The van der Waals surface area contributed by atoms with Gasteiger partial charge in [-0.2, -0.15) is 0 Å². The number of rotatable bonds is 4. The number of nitrogens with zero attached hydrogens (tertiary/aromatic N) is 1. The van der Waals surface area contributed by atoms with Crippen LogP contribution in [0.1, 0.15) is 34.3 Å². The van der Waals surface area contributed by atoms with Gasteiger partial charge in [0, 0.05) is 23.7 Å². The monoisotopic (exact) mass is 422 g/mol. The van der Waals surface area contributed by atoms with E-state index in [1.165, 1.54) is 0 Å². The molecule has 6 nitrogen and oxygen atoms in total. The minimum absolute atomic E-state index is 0.185. The number of nitrogens with one attached hydrogen (secondary N) is 1. The fourth-order valence-electron chi connectivity index (χ4n) is 3.38. The molecule has 8 heteroatoms. The molecule has 2 N–H and O–H groups in total. The largest absolute Gasteiger partial charge is 0.385 e. The second-order valence-electron chi connectivity index (χ2n) is 7.23. The van der Waals surface area contributed by atoms with Gasteiger partial charge in [0.25, 0.3) is 5.91 Å². The van der Waals surface area contributed by atoms with E-state index in [0.29, 0.717) is 42.2 Å². The fraction of sp³-hybridized carbons (Fsp3) is 0.350. The predicted molar refractivity (Wildman–Crippen MR) is 110 cm³/mol. The molecule has 1 heterocycles. The number of halogens is 1. The SMILES string of the molecule is Cc1ccc(C(=O)N2CCC(O)(c3ccc(Cl)cc3)CC2)cc1NS(C)(=O)=O. The van der Waals surface area contributed by atoms with Crippen LogP contribution in [0.4, 0.5) is 5.69 Å². The van der Waals surface area contributed by atoms with Gasteiger partial charge in [0.1, 0.15) is 0 Å². The lowest BCUT2D eigenvalue weighted by atomic mass is 9.84. The van der Waals surface area contributed by atoms with E-state index >= 15 is 0 Å². The van der Waals surface area contributed by atoms with E-state index < -0.39 is 15.6 Å². The van der Waals surface area contributed by atoms with Gasteiger partial charge in [-0.3, -0.25) is 9.52 Å². The lowest BCUT2D eigenvalue weighted by Crippen LogP contribution is -2.45. The number of likely N-dealkylation sites (tertiary alicyclic amines) is 1. The van der Waals surface area contributed by atoms with Gasteiger partial charge in [0.05, 0.1) is 17.5 Å². The van der Waals surface area contributed by atoms with Crippen molar-refractivity contribution in [2.75, 3.05) is 24.1 Å². The number of piperidine rings is 1. The summed E-state index contributed by atoms with van der Waals surface area (Å²) in [5, 5.41) is 11.6. The molecule has 0 atom stereocenters. The first-order chi connectivity index (χ1) is 13.1. The zero-order valence-corrected chi connectivity index (χ0v) is 17.3. The van der Waals surface area contributed by atoms with Crippen molar-refractivity contribution in [3.05, 3.63) is 64.2 Å². The molecule has 2 aromatic rings. The summed E-state index contributed by atoms with van der Waals surface area (Å²) in [6.07, 6.45) is 1.91. The Kier molecular flexibility index (Phi) is 5.70.